The van der Waals surface area contributed by atoms with E-state index in [4.69, 9.17) is 0 Å². The Hall–Kier alpha value is -1.29. The molecule has 3 N–H and O–H groups in total. The second-order valence-corrected chi connectivity index (χ2v) is 2.69. The summed E-state index contributed by atoms with van der Waals surface area (Å²) in [7, 11) is 0. The molecule has 0 aliphatic heterocycles. The summed E-state index contributed by atoms with van der Waals surface area (Å²) in [6.45, 7) is 4.43. The van der Waals surface area contributed by atoms with Crippen molar-refractivity contribution in [1.82, 2.24) is 15.6 Å². The zero-order valence-corrected chi connectivity index (χ0v) is 7.76. The molecule has 0 aliphatic carbocycles. The molecule has 1 rings (SSSR count). The zero-order chi connectivity index (χ0) is 9.52. The SMILES string of the molecule is CCNCCNC(=O)c1ccc[nH]1. The van der Waals surface area contributed by atoms with Crippen molar-refractivity contribution in [3.05, 3.63) is 24.0 Å². The van der Waals surface area contributed by atoms with Gasteiger partial charge in [-0.05, 0) is 18.7 Å². The molecular formula is C9H15N3O. The van der Waals surface area contributed by atoms with Crippen LogP contribution in [0, 0.1) is 0 Å². The Morgan fingerprint density at radius 3 is 3.00 bits per heavy atom. The fraction of sp³-hybridized carbons (Fsp3) is 0.444. The third kappa shape index (κ3) is 3.29. The molecular weight excluding hydrogens is 166 g/mol. The summed E-state index contributed by atoms with van der Waals surface area (Å²) in [4.78, 5) is 14.1. The van der Waals surface area contributed by atoms with E-state index in [-0.39, 0.29) is 5.91 Å². The summed E-state index contributed by atoms with van der Waals surface area (Å²) in [6, 6.07) is 3.56. The first-order valence-electron chi connectivity index (χ1n) is 4.47. The molecule has 0 radical (unpaired) electrons. The Labute approximate surface area is 77.7 Å². The number of carbonyl (C=O) groups is 1. The van der Waals surface area contributed by atoms with Crippen LogP contribution in [-0.4, -0.2) is 30.5 Å². The van der Waals surface area contributed by atoms with Crippen molar-refractivity contribution in [1.29, 1.82) is 0 Å². The minimum Gasteiger partial charge on any atom is -0.357 e. The lowest BCUT2D eigenvalue weighted by molar-refractivity contribution is 0.0949. The summed E-state index contributed by atoms with van der Waals surface area (Å²) >= 11 is 0. The van der Waals surface area contributed by atoms with E-state index in [0.717, 1.165) is 13.1 Å². The molecule has 4 heteroatoms. The molecule has 1 amide bonds. The standard InChI is InChI=1S/C9H15N3O/c1-2-10-6-7-12-9(13)8-4-3-5-11-8/h3-5,10-11H,2,6-7H2,1H3,(H,12,13). The van der Waals surface area contributed by atoms with Gasteiger partial charge in [0.25, 0.3) is 5.91 Å². The molecule has 0 aromatic carbocycles. The van der Waals surface area contributed by atoms with Crippen LogP contribution in [0.5, 0.6) is 0 Å². The Bertz CT molecular complexity index is 243. The fourth-order valence-corrected chi connectivity index (χ4v) is 1.01. The van der Waals surface area contributed by atoms with Gasteiger partial charge in [0.1, 0.15) is 5.69 Å². The lowest BCUT2D eigenvalue weighted by atomic mass is 10.4. The van der Waals surface area contributed by atoms with Crippen molar-refractivity contribution < 1.29 is 4.79 Å². The summed E-state index contributed by atoms with van der Waals surface area (Å²) in [5.41, 5.74) is 0.608. The van der Waals surface area contributed by atoms with E-state index in [9.17, 15) is 4.79 Å². The van der Waals surface area contributed by atoms with E-state index in [0.29, 0.717) is 12.2 Å². The van der Waals surface area contributed by atoms with Crippen LogP contribution in [0.2, 0.25) is 0 Å². The minimum atomic E-state index is -0.0529. The number of likely N-dealkylation sites (N-methyl/N-ethyl adjacent to an activating group) is 1. The van der Waals surface area contributed by atoms with Crippen LogP contribution in [0.15, 0.2) is 18.3 Å². The topological polar surface area (TPSA) is 56.9 Å². The fourth-order valence-electron chi connectivity index (χ4n) is 1.01. The summed E-state index contributed by atoms with van der Waals surface area (Å²) < 4.78 is 0. The predicted molar refractivity (Wildman–Crippen MR) is 51.7 cm³/mol. The van der Waals surface area contributed by atoms with E-state index in [1.807, 2.05) is 6.92 Å². The minimum absolute atomic E-state index is 0.0529. The lowest BCUT2D eigenvalue weighted by Crippen LogP contribution is -2.31. The molecule has 0 saturated carbocycles. The van der Waals surface area contributed by atoms with E-state index in [2.05, 4.69) is 15.6 Å². The smallest absolute Gasteiger partial charge is 0.267 e. The highest BCUT2D eigenvalue weighted by atomic mass is 16.1. The molecule has 0 spiro atoms. The van der Waals surface area contributed by atoms with Crippen LogP contribution >= 0.6 is 0 Å². The molecule has 72 valence electrons. The van der Waals surface area contributed by atoms with Crippen molar-refractivity contribution in [3.8, 4) is 0 Å². The number of H-pyrrole nitrogens is 1. The molecule has 0 unspecified atom stereocenters. The largest absolute Gasteiger partial charge is 0.357 e. The highest BCUT2D eigenvalue weighted by Crippen LogP contribution is 1.92. The monoisotopic (exact) mass is 181 g/mol. The van der Waals surface area contributed by atoms with Crippen LogP contribution in [-0.2, 0) is 0 Å². The van der Waals surface area contributed by atoms with Crippen molar-refractivity contribution in [3.63, 3.8) is 0 Å². The molecule has 0 fully saturated rings. The van der Waals surface area contributed by atoms with Crippen LogP contribution in [0.25, 0.3) is 0 Å². The molecule has 0 bridgehead atoms. The van der Waals surface area contributed by atoms with Gasteiger partial charge in [-0.3, -0.25) is 4.79 Å². The Kier molecular flexibility index (Phi) is 4.05. The maximum Gasteiger partial charge on any atom is 0.267 e. The Balaban J connectivity index is 2.19. The molecule has 0 aliphatic rings. The molecule has 1 aromatic rings. The first-order chi connectivity index (χ1) is 6.34. The number of nitrogens with one attached hydrogen (secondary N) is 3. The third-order valence-electron chi connectivity index (χ3n) is 1.68. The number of rotatable bonds is 5. The van der Waals surface area contributed by atoms with E-state index >= 15 is 0 Å². The van der Waals surface area contributed by atoms with Gasteiger partial charge in [0, 0.05) is 19.3 Å². The maximum atomic E-state index is 11.3. The van der Waals surface area contributed by atoms with Crippen molar-refractivity contribution in [2.24, 2.45) is 0 Å². The van der Waals surface area contributed by atoms with Gasteiger partial charge in [-0.2, -0.15) is 0 Å². The van der Waals surface area contributed by atoms with Gasteiger partial charge in [0.15, 0.2) is 0 Å². The molecule has 4 nitrogen and oxygen atoms in total. The summed E-state index contributed by atoms with van der Waals surface area (Å²) in [6.07, 6.45) is 1.74. The highest BCUT2D eigenvalue weighted by molar-refractivity contribution is 5.92. The van der Waals surface area contributed by atoms with Gasteiger partial charge < -0.3 is 15.6 Å². The number of amides is 1. The number of aromatic nitrogens is 1. The van der Waals surface area contributed by atoms with Crippen LogP contribution < -0.4 is 10.6 Å². The van der Waals surface area contributed by atoms with Gasteiger partial charge >= 0.3 is 0 Å². The number of carbonyl (C=O) groups excluding carboxylic acids is 1. The normalized spacial score (nSPS) is 9.92. The average Bonchev–Trinajstić information content (AvgIpc) is 2.65. The molecule has 1 aromatic heterocycles. The first-order valence-corrected chi connectivity index (χ1v) is 4.47. The van der Waals surface area contributed by atoms with Gasteiger partial charge in [-0.15, -0.1) is 0 Å². The number of aromatic amines is 1. The molecule has 0 atom stereocenters. The summed E-state index contributed by atoms with van der Waals surface area (Å²) in [5.74, 6) is -0.0529. The predicted octanol–water partition coefficient (Wildman–Crippen LogP) is 0.354. The van der Waals surface area contributed by atoms with Gasteiger partial charge in [0.2, 0.25) is 0 Å². The van der Waals surface area contributed by atoms with Crippen LogP contribution in [0.3, 0.4) is 0 Å². The van der Waals surface area contributed by atoms with Gasteiger partial charge in [-0.25, -0.2) is 0 Å². The summed E-state index contributed by atoms with van der Waals surface area (Å²) in [5, 5.41) is 5.91. The molecule has 1 heterocycles. The molecule has 0 saturated heterocycles. The third-order valence-corrected chi connectivity index (χ3v) is 1.68. The van der Waals surface area contributed by atoms with Crippen LogP contribution in [0.4, 0.5) is 0 Å². The Morgan fingerprint density at radius 2 is 2.38 bits per heavy atom. The Morgan fingerprint density at radius 1 is 1.54 bits per heavy atom. The highest BCUT2D eigenvalue weighted by Gasteiger charge is 2.02. The van der Waals surface area contributed by atoms with Gasteiger partial charge in [-0.1, -0.05) is 6.92 Å². The number of hydrogen-bond acceptors (Lipinski definition) is 2. The van der Waals surface area contributed by atoms with Crippen molar-refractivity contribution in [2.45, 2.75) is 6.92 Å². The van der Waals surface area contributed by atoms with E-state index < -0.39 is 0 Å². The first kappa shape index (κ1) is 9.80. The second kappa shape index (κ2) is 5.37. The van der Waals surface area contributed by atoms with E-state index in [1.165, 1.54) is 0 Å². The average molecular weight is 181 g/mol. The maximum absolute atomic E-state index is 11.3. The van der Waals surface area contributed by atoms with Crippen LogP contribution in [0.1, 0.15) is 17.4 Å². The second-order valence-electron chi connectivity index (χ2n) is 2.69. The molecule has 13 heavy (non-hydrogen) atoms. The lowest BCUT2D eigenvalue weighted by Gasteiger charge is -2.03. The van der Waals surface area contributed by atoms with Gasteiger partial charge in [0.05, 0.1) is 0 Å². The number of hydrogen-bond donors (Lipinski definition) is 3. The van der Waals surface area contributed by atoms with Crippen molar-refractivity contribution >= 4 is 5.91 Å². The quantitative estimate of drug-likeness (QED) is 0.574. The zero-order valence-electron chi connectivity index (χ0n) is 7.76. The van der Waals surface area contributed by atoms with Crippen molar-refractivity contribution in [2.75, 3.05) is 19.6 Å². The van der Waals surface area contributed by atoms with E-state index in [1.54, 1.807) is 18.3 Å².